The molecule has 11 nitrogen and oxygen atoms in total. The first kappa shape index (κ1) is 29.7. The van der Waals surface area contributed by atoms with Gasteiger partial charge < -0.3 is 24.9 Å². The molecule has 0 radical (unpaired) electrons. The van der Waals surface area contributed by atoms with Gasteiger partial charge in [-0.05, 0) is 75.2 Å². The number of amides is 2. The lowest BCUT2D eigenvalue weighted by Gasteiger charge is -2.22. The molecule has 0 aromatic heterocycles. The first-order valence-corrected chi connectivity index (χ1v) is 12.8. The zero-order valence-electron chi connectivity index (χ0n) is 22.7. The number of likely N-dealkylation sites (tertiary alicyclic amines) is 1. The normalized spacial score (nSPS) is 16.1. The highest BCUT2D eigenvalue weighted by atomic mass is 16.6. The summed E-state index contributed by atoms with van der Waals surface area (Å²) in [6.45, 7) is 6.36. The number of nitrogens with zero attached hydrogens (tertiary/aromatic N) is 2. The molecule has 3 rings (SSSR count). The Morgan fingerprint density at radius 3 is 2.52 bits per heavy atom. The van der Waals surface area contributed by atoms with Crippen LogP contribution in [0.5, 0.6) is 0 Å². The number of alkyl carbamates (subject to hydrolysis) is 1. The third kappa shape index (κ3) is 9.49. The van der Waals surface area contributed by atoms with Gasteiger partial charge in [-0.3, -0.25) is 15.5 Å². The Labute approximate surface area is 233 Å². The highest BCUT2D eigenvalue weighted by Gasteiger charge is 2.28. The van der Waals surface area contributed by atoms with Crippen LogP contribution < -0.4 is 10.6 Å². The molecule has 2 aliphatic rings. The molecule has 0 spiro atoms. The summed E-state index contributed by atoms with van der Waals surface area (Å²) in [5.74, 6) is 6.82. The van der Waals surface area contributed by atoms with E-state index in [2.05, 4.69) is 33.5 Å². The number of rotatable bonds is 7. The smallest absolute Gasteiger partial charge is 0.413 e. The van der Waals surface area contributed by atoms with E-state index in [1.165, 1.54) is 0 Å². The Hall–Kier alpha value is -4.81. The van der Waals surface area contributed by atoms with Crippen molar-refractivity contribution < 1.29 is 29.1 Å². The number of carboxylic acid groups (broad SMARTS) is 1. The SMILES string of the molecule is CC(C)(C)OC(=O)NC(=N)c1ccc(NCC#CC2=CC(=C=NOCC(=O)O)C(C(=O)N3CCCC3)C=C2)cc1. The largest absolute Gasteiger partial charge is 0.479 e. The summed E-state index contributed by atoms with van der Waals surface area (Å²) in [7, 11) is 0. The van der Waals surface area contributed by atoms with Gasteiger partial charge in [0.25, 0.3) is 0 Å². The third-order valence-corrected chi connectivity index (χ3v) is 5.64. The van der Waals surface area contributed by atoms with Gasteiger partial charge in [0.15, 0.2) is 0 Å². The van der Waals surface area contributed by atoms with Crippen LogP contribution in [0.4, 0.5) is 10.5 Å². The van der Waals surface area contributed by atoms with Crippen LogP contribution in [0.3, 0.4) is 0 Å². The molecule has 40 heavy (non-hydrogen) atoms. The van der Waals surface area contributed by atoms with Crippen molar-refractivity contribution in [2.45, 2.75) is 39.2 Å². The summed E-state index contributed by atoms with van der Waals surface area (Å²) in [6.07, 6.45) is 6.44. The average molecular weight is 548 g/mol. The highest BCUT2D eigenvalue weighted by Crippen LogP contribution is 2.24. The second kappa shape index (κ2) is 13.8. The van der Waals surface area contributed by atoms with E-state index in [0.29, 0.717) is 36.3 Å². The number of carbonyl (C=O) groups excluding carboxylic acids is 2. The summed E-state index contributed by atoms with van der Waals surface area (Å²) < 4.78 is 5.16. The maximum Gasteiger partial charge on any atom is 0.413 e. The highest BCUT2D eigenvalue weighted by molar-refractivity contribution is 6.04. The number of benzene rings is 1. The predicted octanol–water partition coefficient (Wildman–Crippen LogP) is 3.30. The maximum absolute atomic E-state index is 13.0. The molecule has 2 amide bonds. The number of ether oxygens (including phenoxy) is 1. The molecular formula is C29H33N5O6. The summed E-state index contributed by atoms with van der Waals surface area (Å²) in [6, 6.07) is 6.93. The average Bonchev–Trinajstić information content (AvgIpc) is 3.43. The van der Waals surface area contributed by atoms with E-state index in [4.69, 9.17) is 20.1 Å². The molecule has 1 aromatic carbocycles. The quantitative estimate of drug-likeness (QED) is 0.177. The molecule has 1 fully saturated rings. The van der Waals surface area contributed by atoms with Gasteiger partial charge >= 0.3 is 12.1 Å². The standard InChI is InChI=1S/C29H33N5O6/c1-29(2,3)40-28(38)33-26(30)21-9-11-23(12-10-21)31-14-6-7-20-8-13-24(27(37)34-15-4-5-16-34)22(17-20)18-32-39-19-25(35)36/h8-13,17,24,31H,4-5,14-16,19H2,1-3H3,(H,35,36)(H2,30,33,38). The van der Waals surface area contributed by atoms with E-state index in [1.54, 1.807) is 68.2 Å². The Morgan fingerprint density at radius 2 is 1.88 bits per heavy atom. The summed E-state index contributed by atoms with van der Waals surface area (Å²) in [5, 5.41) is 25.9. The van der Waals surface area contributed by atoms with E-state index < -0.39 is 30.2 Å². The van der Waals surface area contributed by atoms with E-state index in [9.17, 15) is 14.4 Å². The van der Waals surface area contributed by atoms with Crippen molar-refractivity contribution in [1.82, 2.24) is 10.2 Å². The van der Waals surface area contributed by atoms with Gasteiger partial charge in [0.05, 0.1) is 12.5 Å². The fourth-order valence-electron chi connectivity index (χ4n) is 3.84. The van der Waals surface area contributed by atoms with Crippen LogP contribution in [0.1, 0.15) is 39.2 Å². The van der Waals surface area contributed by atoms with E-state index >= 15 is 0 Å². The Bertz CT molecular complexity index is 1320. The van der Waals surface area contributed by atoms with Crippen molar-refractivity contribution in [3.63, 3.8) is 0 Å². The molecule has 11 heteroatoms. The lowest BCUT2D eigenvalue weighted by Crippen LogP contribution is -2.36. The van der Waals surface area contributed by atoms with Crippen LogP contribution in [0.15, 0.2) is 58.8 Å². The topological polar surface area (TPSA) is 153 Å². The number of aliphatic carboxylic acids is 1. The molecule has 210 valence electrons. The number of allylic oxidation sites excluding steroid dienone is 3. The fourth-order valence-corrected chi connectivity index (χ4v) is 3.84. The molecule has 1 aliphatic heterocycles. The lowest BCUT2D eigenvalue weighted by molar-refractivity contribution is -0.142. The Balaban J connectivity index is 1.60. The lowest BCUT2D eigenvalue weighted by atomic mass is 9.91. The zero-order chi connectivity index (χ0) is 29.1. The second-order valence-corrected chi connectivity index (χ2v) is 10.0. The van der Waals surface area contributed by atoms with Crippen molar-refractivity contribution in [2.75, 3.05) is 31.6 Å². The number of amidine groups is 1. The van der Waals surface area contributed by atoms with Crippen molar-refractivity contribution in [1.29, 1.82) is 5.41 Å². The van der Waals surface area contributed by atoms with Crippen LogP contribution >= 0.6 is 0 Å². The Morgan fingerprint density at radius 1 is 1.18 bits per heavy atom. The van der Waals surface area contributed by atoms with Crippen molar-refractivity contribution in [3.8, 4) is 11.8 Å². The van der Waals surface area contributed by atoms with Gasteiger partial charge in [-0.25, -0.2) is 9.59 Å². The third-order valence-electron chi connectivity index (χ3n) is 5.64. The molecule has 1 aliphatic carbocycles. The van der Waals surface area contributed by atoms with Gasteiger partial charge in [0, 0.05) is 41.4 Å². The van der Waals surface area contributed by atoms with Crippen molar-refractivity contribution in [2.24, 2.45) is 11.1 Å². The van der Waals surface area contributed by atoms with Gasteiger partial charge in [0.2, 0.25) is 12.5 Å². The number of nitrogens with one attached hydrogen (secondary N) is 3. The van der Waals surface area contributed by atoms with Gasteiger partial charge in [-0.2, -0.15) is 0 Å². The zero-order valence-corrected chi connectivity index (χ0v) is 22.7. The van der Waals surface area contributed by atoms with E-state index in [0.717, 1.165) is 18.5 Å². The van der Waals surface area contributed by atoms with Crippen LogP contribution in [-0.4, -0.2) is 71.5 Å². The van der Waals surface area contributed by atoms with E-state index in [1.807, 2.05) is 0 Å². The molecule has 1 saturated heterocycles. The van der Waals surface area contributed by atoms with Crippen molar-refractivity contribution in [3.05, 3.63) is 59.2 Å². The molecule has 4 N–H and O–H groups in total. The van der Waals surface area contributed by atoms with Crippen LogP contribution in [0.25, 0.3) is 0 Å². The number of hydrogen-bond acceptors (Lipinski definition) is 8. The first-order chi connectivity index (χ1) is 19.0. The molecule has 0 bridgehead atoms. The minimum atomic E-state index is -1.16. The van der Waals surface area contributed by atoms with Gasteiger partial charge in [-0.15, -0.1) is 0 Å². The van der Waals surface area contributed by atoms with Crippen molar-refractivity contribution >= 4 is 35.4 Å². The summed E-state index contributed by atoms with van der Waals surface area (Å²) >= 11 is 0. The fraction of sp³-hybridized carbons (Fsp3) is 0.379. The minimum Gasteiger partial charge on any atom is -0.479 e. The van der Waals surface area contributed by atoms with Crippen LogP contribution in [-0.2, 0) is 19.2 Å². The number of anilines is 1. The minimum absolute atomic E-state index is 0.0626. The van der Waals surface area contributed by atoms with Gasteiger partial charge in [0.1, 0.15) is 11.4 Å². The Kier molecular flexibility index (Phi) is 10.3. The molecule has 1 heterocycles. The van der Waals surface area contributed by atoms with Crippen LogP contribution in [0, 0.1) is 23.2 Å². The van der Waals surface area contributed by atoms with E-state index in [-0.39, 0.29) is 11.7 Å². The van der Waals surface area contributed by atoms with Gasteiger partial charge in [-0.1, -0.05) is 17.9 Å². The van der Waals surface area contributed by atoms with Crippen LogP contribution in [0.2, 0.25) is 0 Å². The monoisotopic (exact) mass is 547 g/mol. The molecule has 0 saturated carbocycles. The second-order valence-electron chi connectivity index (χ2n) is 10.0. The predicted molar refractivity (Wildman–Crippen MR) is 150 cm³/mol. The molecular weight excluding hydrogens is 514 g/mol. The molecule has 1 aromatic rings. The maximum atomic E-state index is 13.0. The number of carboxylic acids is 1. The molecule has 1 unspecified atom stereocenters. The first-order valence-electron chi connectivity index (χ1n) is 12.8. The molecule has 1 atom stereocenters. The number of hydrogen-bond donors (Lipinski definition) is 4. The summed E-state index contributed by atoms with van der Waals surface area (Å²) in [4.78, 5) is 42.0. The summed E-state index contributed by atoms with van der Waals surface area (Å²) in [5.41, 5.74) is 1.72. The number of carbonyl (C=O) groups is 3.